The van der Waals surface area contributed by atoms with Gasteiger partial charge >= 0.3 is 0 Å². The van der Waals surface area contributed by atoms with Crippen LogP contribution in [0.2, 0.25) is 0 Å². The van der Waals surface area contributed by atoms with Crippen LogP contribution in [0.4, 0.5) is 0 Å². The first kappa shape index (κ1) is 25.5. The molecule has 8 heteroatoms. The number of aliphatic hydroxyl groups is 1. The number of nitrogens with one attached hydrogen (secondary N) is 3. The summed E-state index contributed by atoms with van der Waals surface area (Å²) in [5.41, 5.74) is -0.885. The molecule has 1 saturated carbocycles. The van der Waals surface area contributed by atoms with Crippen LogP contribution in [-0.2, 0) is 9.59 Å². The molecule has 1 heterocycles. The lowest BCUT2D eigenvalue weighted by atomic mass is 9.84. The summed E-state index contributed by atoms with van der Waals surface area (Å²) in [6, 6.07) is 8.57. The maximum atomic E-state index is 13.2. The molecule has 1 aromatic carbocycles. The van der Waals surface area contributed by atoms with Gasteiger partial charge in [-0.05, 0) is 44.4 Å². The molecule has 2 amide bonds. The molecule has 0 bridgehead atoms. The van der Waals surface area contributed by atoms with Gasteiger partial charge in [0.05, 0.1) is 12.1 Å². The molecule has 8 nitrogen and oxygen atoms in total. The molecule has 184 valence electrons. The van der Waals surface area contributed by atoms with Crippen LogP contribution >= 0.6 is 0 Å². The van der Waals surface area contributed by atoms with Crippen molar-refractivity contribution in [3.63, 3.8) is 0 Å². The Morgan fingerprint density at radius 1 is 1.26 bits per heavy atom. The monoisotopic (exact) mass is 468 g/mol. The predicted octanol–water partition coefficient (Wildman–Crippen LogP) is 3.10. The van der Waals surface area contributed by atoms with Gasteiger partial charge in [0, 0.05) is 18.8 Å². The SMILES string of the molecule is CC(C)(O)CN/C=C\C(=N)NC(=O)[C@H](CC1CCCCC1)N1CC(Oc2ccccc2)=CC1=O. The van der Waals surface area contributed by atoms with Gasteiger partial charge < -0.3 is 25.4 Å². The van der Waals surface area contributed by atoms with Crippen molar-refractivity contribution in [1.29, 1.82) is 5.41 Å². The number of benzene rings is 1. The number of carbonyl (C=O) groups excluding carboxylic acids is 2. The zero-order valence-corrected chi connectivity index (χ0v) is 20.0. The van der Waals surface area contributed by atoms with E-state index in [4.69, 9.17) is 10.1 Å². The average Bonchev–Trinajstić information content (AvgIpc) is 3.15. The first-order valence-corrected chi connectivity index (χ1v) is 12.0. The molecule has 1 aliphatic heterocycles. The van der Waals surface area contributed by atoms with Crippen molar-refractivity contribution >= 4 is 17.6 Å². The second kappa shape index (κ2) is 11.8. The van der Waals surface area contributed by atoms with E-state index in [0.717, 1.165) is 25.7 Å². The zero-order chi connectivity index (χ0) is 24.6. The number of carbonyl (C=O) groups is 2. The Balaban J connectivity index is 1.64. The summed E-state index contributed by atoms with van der Waals surface area (Å²) in [6.07, 6.45) is 10.5. The van der Waals surface area contributed by atoms with Crippen molar-refractivity contribution in [1.82, 2.24) is 15.5 Å². The molecule has 0 saturated heterocycles. The van der Waals surface area contributed by atoms with Crippen LogP contribution in [0.5, 0.6) is 5.75 Å². The smallest absolute Gasteiger partial charge is 0.251 e. The van der Waals surface area contributed by atoms with Crippen molar-refractivity contribution in [2.24, 2.45) is 5.92 Å². The van der Waals surface area contributed by atoms with Gasteiger partial charge in [-0.15, -0.1) is 0 Å². The van der Waals surface area contributed by atoms with Crippen molar-refractivity contribution in [2.75, 3.05) is 13.1 Å². The topological polar surface area (TPSA) is 115 Å². The highest BCUT2D eigenvalue weighted by Gasteiger charge is 2.36. The number of amides is 2. The Kier molecular flexibility index (Phi) is 8.87. The van der Waals surface area contributed by atoms with Crippen molar-refractivity contribution in [2.45, 2.75) is 64.0 Å². The molecule has 1 fully saturated rings. The summed E-state index contributed by atoms with van der Waals surface area (Å²) in [6.45, 7) is 3.88. The number of amidine groups is 1. The predicted molar refractivity (Wildman–Crippen MR) is 131 cm³/mol. The maximum absolute atomic E-state index is 13.2. The summed E-state index contributed by atoms with van der Waals surface area (Å²) < 4.78 is 5.85. The van der Waals surface area contributed by atoms with E-state index in [0.29, 0.717) is 30.4 Å². The Hall–Kier alpha value is -3.13. The number of rotatable bonds is 10. The quantitative estimate of drug-likeness (QED) is 0.311. The Morgan fingerprint density at radius 3 is 2.65 bits per heavy atom. The van der Waals surface area contributed by atoms with Crippen molar-refractivity contribution < 1.29 is 19.4 Å². The van der Waals surface area contributed by atoms with Crippen LogP contribution in [0, 0.1) is 11.3 Å². The second-order valence-corrected chi connectivity index (χ2v) is 9.68. The first-order valence-electron chi connectivity index (χ1n) is 12.0. The van der Waals surface area contributed by atoms with E-state index < -0.39 is 11.6 Å². The van der Waals surface area contributed by atoms with Gasteiger partial charge in [-0.1, -0.05) is 50.3 Å². The van der Waals surface area contributed by atoms with Crippen LogP contribution in [0.25, 0.3) is 0 Å². The molecule has 1 aliphatic carbocycles. The van der Waals surface area contributed by atoms with Gasteiger partial charge in [0.2, 0.25) is 5.91 Å². The number of hydrogen-bond acceptors (Lipinski definition) is 6. The molecule has 0 radical (unpaired) electrons. The molecule has 4 N–H and O–H groups in total. The minimum absolute atomic E-state index is 0.0812. The maximum Gasteiger partial charge on any atom is 0.251 e. The number of para-hydroxylation sites is 1. The van der Waals surface area contributed by atoms with Gasteiger partial charge in [-0.3, -0.25) is 15.0 Å². The Bertz CT molecular complexity index is 914. The Morgan fingerprint density at radius 2 is 1.97 bits per heavy atom. The normalized spacial score (nSPS) is 18.0. The molecule has 0 unspecified atom stereocenters. The molecule has 2 aliphatic rings. The minimum Gasteiger partial charge on any atom is -0.460 e. The summed E-state index contributed by atoms with van der Waals surface area (Å²) >= 11 is 0. The fourth-order valence-electron chi connectivity index (χ4n) is 4.30. The van der Waals surface area contributed by atoms with Gasteiger partial charge in [0.15, 0.2) is 0 Å². The molecule has 0 aromatic heterocycles. The fourth-order valence-corrected chi connectivity index (χ4v) is 4.30. The molecule has 1 atom stereocenters. The number of nitrogens with zero attached hydrogens (tertiary/aromatic N) is 1. The van der Waals surface area contributed by atoms with Crippen LogP contribution in [0.1, 0.15) is 52.4 Å². The van der Waals surface area contributed by atoms with E-state index in [1.54, 1.807) is 18.7 Å². The van der Waals surface area contributed by atoms with E-state index in [-0.39, 0.29) is 24.2 Å². The van der Waals surface area contributed by atoms with Crippen LogP contribution in [0.3, 0.4) is 0 Å². The third-order valence-electron chi connectivity index (χ3n) is 6.01. The van der Waals surface area contributed by atoms with Gasteiger partial charge in [-0.25, -0.2) is 0 Å². The summed E-state index contributed by atoms with van der Waals surface area (Å²) in [5, 5.41) is 23.4. The highest BCUT2D eigenvalue weighted by molar-refractivity contribution is 6.05. The molecule has 34 heavy (non-hydrogen) atoms. The standard InChI is InChI=1S/C26H36N4O4/c1-26(2,33)18-28-14-13-23(27)29-25(32)22(15-19-9-5-3-6-10-19)30-17-21(16-24(30)31)34-20-11-7-4-8-12-20/h4,7-8,11-14,16,19,22,28,33H,3,5-6,9-10,15,17-18H2,1-2H3,(H2,27,29,32)/b14-13-/t22-/m0/s1. The molecule has 3 rings (SSSR count). The van der Waals surface area contributed by atoms with Gasteiger partial charge in [0.25, 0.3) is 5.91 Å². The molecule has 1 aromatic rings. The lowest BCUT2D eigenvalue weighted by Crippen LogP contribution is -2.50. The molecular weight excluding hydrogens is 432 g/mol. The minimum atomic E-state index is -0.885. The van der Waals surface area contributed by atoms with Gasteiger partial charge in [-0.2, -0.15) is 0 Å². The number of hydrogen-bond donors (Lipinski definition) is 4. The van der Waals surface area contributed by atoms with Crippen molar-refractivity contribution in [3.8, 4) is 5.75 Å². The zero-order valence-electron chi connectivity index (χ0n) is 20.0. The molecule has 0 spiro atoms. The third-order valence-corrected chi connectivity index (χ3v) is 6.01. The Labute approximate surface area is 201 Å². The van der Waals surface area contributed by atoms with Crippen LogP contribution in [0.15, 0.2) is 54.4 Å². The lowest BCUT2D eigenvalue weighted by molar-refractivity contribution is -0.135. The second-order valence-electron chi connectivity index (χ2n) is 9.68. The molecular formula is C26H36N4O4. The van der Waals surface area contributed by atoms with Crippen molar-refractivity contribution in [3.05, 3.63) is 54.4 Å². The van der Waals surface area contributed by atoms with Crippen LogP contribution in [-0.4, -0.2) is 52.4 Å². The highest BCUT2D eigenvalue weighted by Crippen LogP contribution is 2.30. The number of ether oxygens (including phenoxy) is 1. The fraction of sp³-hybridized carbons (Fsp3) is 0.500. The van der Waals surface area contributed by atoms with Crippen LogP contribution < -0.4 is 15.4 Å². The average molecular weight is 469 g/mol. The first-order chi connectivity index (χ1) is 16.2. The van der Waals surface area contributed by atoms with E-state index in [2.05, 4.69) is 10.6 Å². The van der Waals surface area contributed by atoms with E-state index in [9.17, 15) is 14.7 Å². The van der Waals surface area contributed by atoms with E-state index in [1.807, 2.05) is 30.3 Å². The third kappa shape index (κ3) is 8.02. The summed E-state index contributed by atoms with van der Waals surface area (Å²) in [5.74, 6) is 0.809. The summed E-state index contributed by atoms with van der Waals surface area (Å²) in [7, 11) is 0. The lowest BCUT2D eigenvalue weighted by Gasteiger charge is -2.31. The van der Waals surface area contributed by atoms with Gasteiger partial charge in [0.1, 0.15) is 23.4 Å². The summed E-state index contributed by atoms with van der Waals surface area (Å²) in [4.78, 5) is 27.6. The van der Waals surface area contributed by atoms with E-state index >= 15 is 0 Å². The highest BCUT2D eigenvalue weighted by atomic mass is 16.5. The van der Waals surface area contributed by atoms with E-state index in [1.165, 1.54) is 24.8 Å². The largest absolute Gasteiger partial charge is 0.460 e.